The lowest BCUT2D eigenvalue weighted by Crippen LogP contribution is -2.42. The fourth-order valence-electron chi connectivity index (χ4n) is 5.19. The molecule has 0 spiro atoms. The Bertz CT molecular complexity index is 1170. The van der Waals surface area contributed by atoms with Crippen LogP contribution in [0.5, 0.6) is 0 Å². The number of aliphatic hydroxyl groups is 1. The average molecular weight is 483 g/mol. The molecule has 6 nitrogen and oxygen atoms in total. The summed E-state index contributed by atoms with van der Waals surface area (Å²) >= 11 is 0. The SMILES string of the molecule is NC(=O)CC1CC(O)(C2CCCc3ccccc32)CN1S(=O)(=O)c1cccc(C(F)(F)F)c1. The summed E-state index contributed by atoms with van der Waals surface area (Å²) in [6.45, 7) is -0.331. The summed E-state index contributed by atoms with van der Waals surface area (Å²) in [5, 5.41) is 11.7. The number of nitrogens with zero attached hydrogens (tertiary/aromatic N) is 1. The number of alkyl halides is 3. The third-order valence-electron chi connectivity index (χ3n) is 6.65. The summed E-state index contributed by atoms with van der Waals surface area (Å²) in [4.78, 5) is 11.2. The van der Waals surface area contributed by atoms with Crippen LogP contribution in [0.4, 0.5) is 13.2 Å². The van der Waals surface area contributed by atoms with Gasteiger partial charge in [-0.3, -0.25) is 4.79 Å². The number of benzene rings is 2. The van der Waals surface area contributed by atoms with E-state index in [0.717, 1.165) is 46.5 Å². The van der Waals surface area contributed by atoms with Crippen LogP contribution in [-0.2, 0) is 27.4 Å². The van der Waals surface area contributed by atoms with E-state index in [9.17, 15) is 31.5 Å². The number of amides is 1. The number of hydrogen-bond donors (Lipinski definition) is 2. The minimum absolute atomic E-state index is 0.0346. The molecule has 10 heteroatoms. The Morgan fingerprint density at radius 3 is 2.61 bits per heavy atom. The Balaban J connectivity index is 1.73. The van der Waals surface area contributed by atoms with Gasteiger partial charge in [0.2, 0.25) is 15.9 Å². The van der Waals surface area contributed by atoms with Crippen molar-refractivity contribution < 1.29 is 31.5 Å². The minimum atomic E-state index is -4.71. The molecule has 1 aliphatic carbocycles. The smallest absolute Gasteiger partial charge is 0.388 e. The molecule has 1 heterocycles. The number of carbonyl (C=O) groups excluding carboxylic acids is 1. The van der Waals surface area contributed by atoms with E-state index in [1.807, 2.05) is 24.3 Å². The standard InChI is InChI=1S/C23H25F3N2O4S/c24-23(25,26)16-7-4-8-18(11-16)33(31,32)28-14-22(30,13-17(28)12-21(27)29)20-10-3-6-15-5-1-2-9-19(15)20/h1-2,4-5,7-9,11,17,20,30H,3,6,10,12-14H2,(H2,27,29). The maximum atomic E-state index is 13.4. The van der Waals surface area contributed by atoms with Crippen molar-refractivity contribution in [1.82, 2.24) is 4.31 Å². The zero-order valence-electron chi connectivity index (χ0n) is 17.8. The van der Waals surface area contributed by atoms with Gasteiger partial charge in [0.05, 0.1) is 16.1 Å². The zero-order chi connectivity index (χ0) is 24.0. The first-order valence-electron chi connectivity index (χ1n) is 10.7. The topological polar surface area (TPSA) is 101 Å². The lowest BCUT2D eigenvalue weighted by atomic mass is 9.72. The molecule has 4 rings (SSSR count). The number of aryl methyl sites for hydroxylation is 1. The van der Waals surface area contributed by atoms with Crippen LogP contribution in [0.15, 0.2) is 53.4 Å². The Labute approximate surface area is 190 Å². The molecule has 1 aliphatic heterocycles. The number of β-amino-alcohol motifs (C(OH)–C–C–N with tert-alkyl or cyclic N) is 1. The molecule has 3 atom stereocenters. The normalized spacial score (nSPS) is 26.2. The van der Waals surface area contributed by atoms with E-state index in [1.165, 1.54) is 0 Å². The molecule has 0 bridgehead atoms. The van der Waals surface area contributed by atoms with Crippen molar-refractivity contribution in [3.63, 3.8) is 0 Å². The van der Waals surface area contributed by atoms with Crippen LogP contribution in [0.1, 0.15) is 48.3 Å². The van der Waals surface area contributed by atoms with E-state index in [2.05, 4.69) is 0 Å². The molecule has 2 aliphatic rings. The monoisotopic (exact) mass is 482 g/mol. The van der Waals surface area contributed by atoms with Gasteiger partial charge in [-0.15, -0.1) is 0 Å². The van der Waals surface area contributed by atoms with Crippen LogP contribution in [0, 0.1) is 0 Å². The number of fused-ring (bicyclic) bond motifs is 1. The lowest BCUT2D eigenvalue weighted by molar-refractivity contribution is -0.137. The van der Waals surface area contributed by atoms with Gasteiger partial charge < -0.3 is 10.8 Å². The molecule has 3 unspecified atom stereocenters. The summed E-state index contributed by atoms with van der Waals surface area (Å²) in [6, 6.07) is 10.2. The second kappa shape index (κ2) is 8.41. The molecular weight excluding hydrogens is 457 g/mol. The Morgan fingerprint density at radius 2 is 1.91 bits per heavy atom. The minimum Gasteiger partial charge on any atom is -0.388 e. The highest BCUT2D eigenvalue weighted by Gasteiger charge is 2.53. The zero-order valence-corrected chi connectivity index (χ0v) is 18.6. The molecule has 33 heavy (non-hydrogen) atoms. The van der Waals surface area contributed by atoms with Crippen molar-refractivity contribution in [2.24, 2.45) is 5.73 Å². The van der Waals surface area contributed by atoms with Crippen LogP contribution >= 0.6 is 0 Å². The molecule has 2 aromatic carbocycles. The van der Waals surface area contributed by atoms with Gasteiger partial charge in [0.25, 0.3) is 0 Å². The van der Waals surface area contributed by atoms with Gasteiger partial charge in [-0.2, -0.15) is 17.5 Å². The average Bonchev–Trinajstić information content (AvgIpc) is 3.10. The Morgan fingerprint density at radius 1 is 1.18 bits per heavy atom. The molecular formula is C23H25F3N2O4S. The molecule has 1 saturated heterocycles. The van der Waals surface area contributed by atoms with Gasteiger partial charge in [-0.05, 0) is 55.0 Å². The third-order valence-corrected chi connectivity index (χ3v) is 8.54. The van der Waals surface area contributed by atoms with Crippen LogP contribution < -0.4 is 5.73 Å². The van der Waals surface area contributed by atoms with Crippen molar-refractivity contribution in [3.05, 3.63) is 65.2 Å². The molecule has 1 amide bonds. The van der Waals surface area contributed by atoms with Crippen molar-refractivity contribution >= 4 is 15.9 Å². The predicted octanol–water partition coefficient (Wildman–Crippen LogP) is 3.20. The Kier molecular flexibility index (Phi) is 6.05. The van der Waals surface area contributed by atoms with Crippen LogP contribution in [0.3, 0.4) is 0 Å². The second-order valence-corrected chi connectivity index (χ2v) is 10.7. The highest BCUT2D eigenvalue weighted by molar-refractivity contribution is 7.89. The predicted molar refractivity (Wildman–Crippen MR) is 115 cm³/mol. The fraction of sp³-hybridized carbons (Fsp3) is 0.435. The number of sulfonamides is 1. The first kappa shape index (κ1) is 23.7. The summed E-state index contributed by atoms with van der Waals surface area (Å²) in [5.74, 6) is -1.11. The molecule has 0 saturated carbocycles. The largest absolute Gasteiger partial charge is 0.416 e. The number of carbonyl (C=O) groups is 1. The van der Waals surface area contributed by atoms with E-state index < -0.39 is 44.2 Å². The van der Waals surface area contributed by atoms with Crippen LogP contribution in [0.2, 0.25) is 0 Å². The maximum Gasteiger partial charge on any atom is 0.416 e. The third kappa shape index (κ3) is 4.51. The first-order chi connectivity index (χ1) is 15.4. The first-order valence-corrected chi connectivity index (χ1v) is 12.1. The molecule has 178 valence electrons. The van der Waals surface area contributed by atoms with Crippen molar-refractivity contribution in [3.8, 4) is 0 Å². The molecule has 1 fully saturated rings. The highest BCUT2D eigenvalue weighted by Crippen LogP contribution is 2.47. The quantitative estimate of drug-likeness (QED) is 0.684. The highest BCUT2D eigenvalue weighted by atomic mass is 32.2. The van der Waals surface area contributed by atoms with Gasteiger partial charge in [0.1, 0.15) is 0 Å². The van der Waals surface area contributed by atoms with E-state index in [0.29, 0.717) is 12.5 Å². The number of halogens is 3. The molecule has 0 radical (unpaired) electrons. The summed E-state index contributed by atoms with van der Waals surface area (Å²) in [6.07, 6.45) is -2.80. The van der Waals surface area contributed by atoms with E-state index in [-0.39, 0.29) is 25.3 Å². The second-order valence-electron chi connectivity index (χ2n) is 8.85. The van der Waals surface area contributed by atoms with E-state index in [1.54, 1.807) is 0 Å². The van der Waals surface area contributed by atoms with Gasteiger partial charge in [0.15, 0.2) is 0 Å². The van der Waals surface area contributed by atoms with Crippen LogP contribution in [-0.4, -0.2) is 41.9 Å². The van der Waals surface area contributed by atoms with Gasteiger partial charge >= 0.3 is 6.18 Å². The van der Waals surface area contributed by atoms with Gasteiger partial charge in [-0.25, -0.2) is 8.42 Å². The molecule has 0 aromatic heterocycles. The number of nitrogens with two attached hydrogens (primary N) is 1. The molecule has 2 aromatic rings. The lowest BCUT2D eigenvalue weighted by Gasteiger charge is -2.37. The Hall–Kier alpha value is -2.43. The maximum absolute atomic E-state index is 13.4. The van der Waals surface area contributed by atoms with Crippen molar-refractivity contribution in [2.75, 3.05) is 6.54 Å². The number of primary amides is 1. The van der Waals surface area contributed by atoms with Crippen molar-refractivity contribution in [2.45, 2.75) is 60.7 Å². The van der Waals surface area contributed by atoms with E-state index >= 15 is 0 Å². The van der Waals surface area contributed by atoms with Crippen LogP contribution in [0.25, 0.3) is 0 Å². The van der Waals surface area contributed by atoms with Gasteiger partial charge in [0, 0.05) is 24.9 Å². The summed E-state index contributed by atoms with van der Waals surface area (Å²) in [5.41, 5.74) is 4.79. The number of hydrogen-bond acceptors (Lipinski definition) is 4. The number of rotatable bonds is 5. The van der Waals surface area contributed by atoms with Crippen molar-refractivity contribution in [1.29, 1.82) is 0 Å². The molecule has 3 N–H and O–H groups in total. The summed E-state index contributed by atoms with van der Waals surface area (Å²) in [7, 11) is -4.44. The fourth-order valence-corrected chi connectivity index (χ4v) is 6.93. The van der Waals surface area contributed by atoms with Gasteiger partial charge in [-0.1, -0.05) is 30.3 Å². The van der Waals surface area contributed by atoms with E-state index in [4.69, 9.17) is 5.73 Å². The summed E-state index contributed by atoms with van der Waals surface area (Å²) < 4.78 is 67.3.